The van der Waals surface area contributed by atoms with Crippen molar-refractivity contribution < 1.29 is 9.47 Å². The molecule has 3 heterocycles. The molecule has 3 aliphatic heterocycles. The van der Waals surface area contributed by atoms with Gasteiger partial charge in [0.15, 0.2) is 0 Å². The zero-order valence-electron chi connectivity index (χ0n) is 10.1. The lowest BCUT2D eigenvalue weighted by molar-refractivity contribution is -0.215. The molecule has 1 atom stereocenters. The summed E-state index contributed by atoms with van der Waals surface area (Å²) in [5, 5.41) is 3.60. The molecule has 16 heavy (non-hydrogen) atoms. The molecule has 0 aromatic carbocycles. The molecule has 0 aromatic heterocycles. The fourth-order valence-corrected chi connectivity index (χ4v) is 3.14. The van der Waals surface area contributed by atoms with E-state index in [-0.39, 0.29) is 11.3 Å². The monoisotopic (exact) mass is 226 g/mol. The Kier molecular flexibility index (Phi) is 2.70. The third-order valence-corrected chi connectivity index (χ3v) is 4.30. The SMILES string of the molecule is CN1CCC2(CC1)NCCC1(CCOC1)O2. The lowest BCUT2D eigenvalue weighted by atomic mass is 9.91. The Morgan fingerprint density at radius 2 is 1.94 bits per heavy atom. The van der Waals surface area contributed by atoms with Crippen LogP contribution >= 0.6 is 0 Å². The van der Waals surface area contributed by atoms with Crippen molar-refractivity contribution >= 4 is 0 Å². The van der Waals surface area contributed by atoms with Crippen molar-refractivity contribution in [1.29, 1.82) is 0 Å². The highest BCUT2D eigenvalue weighted by molar-refractivity contribution is 4.97. The third-order valence-electron chi connectivity index (χ3n) is 4.30. The minimum Gasteiger partial charge on any atom is -0.378 e. The first kappa shape index (κ1) is 11.0. The summed E-state index contributed by atoms with van der Waals surface area (Å²) in [5.41, 5.74) is -0.0282. The number of piperidine rings is 1. The van der Waals surface area contributed by atoms with E-state index in [2.05, 4.69) is 17.3 Å². The van der Waals surface area contributed by atoms with E-state index in [0.29, 0.717) is 0 Å². The maximum absolute atomic E-state index is 6.45. The number of hydrogen-bond acceptors (Lipinski definition) is 4. The molecule has 3 saturated heterocycles. The second-order valence-electron chi connectivity index (χ2n) is 5.56. The van der Waals surface area contributed by atoms with Gasteiger partial charge in [-0.1, -0.05) is 0 Å². The lowest BCUT2D eigenvalue weighted by Crippen LogP contribution is -2.63. The zero-order valence-corrected chi connectivity index (χ0v) is 10.1. The van der Waals surface area contributed by atoms with Gasteiger partial charge in [-0.15, -0.1) is 0 Å². The van der Waals surface area contributed by atoms with Gasteiger partial charge in [0.2, 0.25) is 0 Å². The predicted molar refractivity (Wildman–Crippen MR) is 61.3 cm³/mol. The second-order valence-corrected chi connectivity index (χ2v) is 5.56. The fraction of sp³-hybridized carbons (Fsp3) is 1.00. The van der Waals surface area contributed by atoms with E-state index >= 15 is 0 Å². The molecule has 0 radical (unpaired) electrons. The van der Waals surface area contributed by atoms with Gasteiger partial charge in [0.1, 0.15) is 5.72 Å². The van der Waals surface area contributed by atoms with E-state index in [0.717, 1.165) is 58.5 Å². The van der Waals surface area contributed by atoms with Crippen molar-refractivity contribution in [3.63, 3.8) is 0 Å². The maximum Gasteiger partial charge on any atom is 0.122 e. The zero-order chi connectivity index (χ0) is 11.1. The van der Waals surface area contributed by atoms with Crippen LogP contribution in [0.2, 0.25) is 0 Å². The number of likely N-dealkylation sites (tertiary alicyclic amines) is 1. The Bertz CT molecular complexity index is 256. The summed E-state index contributed by atoms with van der Waals surface area (Å²) in [7, 11) is 2.18. The molecule has 0 aromatic rings. The van der Waals surface area contributed by atoms with Crippen molar-refractivity contribution in [3.05, 3.63) is 0 Å². The molecule has 4 heteroatoms. The Morgan fingerprint density at radius 3 is 2.62 bits per heavy atom. The Balaban J connectivity index is 1.71. The van der Waals surface area contributed by atoms with E-state index < -0.39 is 0 Å². The standard InChI is InChI=1S/C12H22N2O2/c1-14-7-3-12(4-8-14)13-6-2-11(16-12)5-9-15-10-11/h13H,2-10H2,1H3. The van der Waals surface area contributed by atoms with Crippen molar-refractivity contribution in [2.24, 2.45) is 0 Å². The molecule has 1 N–H and O–H groups in total. The Labute approximate surface area is 97.3 Å². The first-order valence-electron chi connectivity index (χ1n) is 6.44. The predicted octanol–water partition coefficient (Wildman–Crippen LogP) is 0.577. The smallest absolute Gasteiger partial charge is 0.122 e. The number of nitrogens with zero attached hydrogens (tertiary/aromatic N) is 1. The molecule has 2 spiro atoms. The average Bonchev–Trinajstić information content (AvgIpc) is 2.71. The van der Waals surface area contributed by atoms with Crippen molar-refractivity contribution in [2.75, 3.05) is 39.9 Å². The van der Waals surface area contributed by atoms with Gasteiger partial charge in [-0.05, 0) is 13.5 Å². The Morgan fingerprint density at radius 1 is 1.12 bits per heavy atom. The van der Waals surface area contributed by atoms with Gasteiger partial charge in [0.25, 0.3) is 0 Å². The highest BCUT2D eigenvalue weighted by Crippen LogP contribution is 2.38. The molecule has 92 valence electrons. The number of nitrogens with one attached hydrogen (secondary N) is 1. The fourth-order valence-electron chi connectivity index (χ4n) is 3.14. The maximum atomic E-state index is 6.45. The summed E-state index contributed by atoms with van der Waals surface area (Å²) in [6.45, 7) is 5.00. The highest BCUT2D eigenvalue weighted by atomic mass is 16.6. The van der Waals surface area contributed by atoms with Crippen LogP contribution in [0.3, 0.4) is 0 Å². The second kappa shape index (κ2) is 3.95. The van der Waals surface area contributed by atoms with E-state index in [4.69, 9.17) is 9.47 Å². The van der Waals surface area contributed by atoms with E-state index in [1.54, 1.807) is 0 Å². The van der Waals surface area contributed by atoms with Crippen LogP contribution in [0.15, 0.2) is 0 Å². The minimum atomic E-state index is -0.0571. The van der Waals surface area contributed by atoms with Gasteiger partial charge in [-0.3, -0.25) is 5.32 Å². The van der Waals surface area contributed by atoms with E-state index in [1.165, 1.54) is 0 Å². The van der Waals surface area contributed by atoms with Gasteiger partial charge in [0, 0.05) is 45.5 Å². The molecular formula is C12H22N2O2. The first-order valence-corrected chi connectivity index (χ1v) is 6.44. The molecule has 3 rings (SSSR count). The van der Waals surface area contributed by atoms with Gasteiger partial charge < -0.3 is 14.4 Å². The number of ether oxygens (including phenoxy) is 2. The van der Waals surface area contributed by atoms with Crippen molar-refractivity contribution in [3.8, 4) is 0 Å². The van der Waals surface area contributed by atoms with Crippen LogP contribution in [0.5, 0.6) is 0 Å². The van der Waals surface area contributed by atoms with Gasteiger partial charge in [-0.2, -0.15) is 0 Å². The number of rotatable bonds is 0. The lowest BCUT2D eigenvalue weighted by Gasteiger charge is -2.50. The third kappa shape index (κ3) is 1.88. The highest BCUT2D eigenvalue weighted by Gasteiger charge is 2.48. The minimum absolute atomic E-state index is 0.0289. The van der Waals surface area contributed by atoms with Crippen LogP contribution in [0, 0.1) is 0 Å². The van der Waals surface area contributed by atoms with Crippen LogP contribution in [-0.2, 0) is 9.47 Å². The molecule has 0 aliphatic carbocycles. The van der Waals surface area contributed by atoms with E-state index in [9.17, 15) is 0 Å². The average molecular weight is 226 g/mol. The topological polar surface area (TPSA) is 33.7 Å². The number of hydrogen-bond donors (Lipinski definition) is 1. The summed E-state index contributed by atoms with van der Waals surface area (Å²) in [5.74, 6) is 0. The van der Waals surface area contributed by atoms with Crippen LogP contribution in [0.25, 0.3) is 0 Å². The van der Waals surface area contributed by atoms with Gasteiger partial charge in [0.05, 0.1) is 12.2 Å². The summed E-state index contributed by atoms with van der Waals surface area (Å²) in [6.07, 6.45) is 4.38. The van der Waals surface area contributed by atoms with Crippen LogP contribution < -0.4 is 5.32 Å². The van der Waals surface area contributed by atoms with Crippen LogP contribution in [0.1, 0.15) is 25.7 Å². The normalized spacial score (nSPS) is 39.6. The molecule has 0 bridgehead atoms. The van der Waals surface area contributed by atoms with Gasteiger partial charge in [-0.25, -0.2) is 0 Å². The quantitative estimate of drug-likeness (QED) is 0.655. The summed E-state index contributed by atoms with van der Waals surface area (Å²) >= 11 is 0. The Hall–Kier alpha value is -0.160. The summed E-state index contributed by atoms with van der Waals surface area (Å²) in [4.78, 5) is 2.38. The summed E-state index contributed by atoms with van der Waals surface area (Å²) < 4.78 is 12.0. The van der Waals surface area contributed by atoms with Crippen LogP contribution in [0.4, 0.5) is 0 Å². The molecule has 3 aliphatic rings. The first-order chi connectivity index (χ1) is 7.72. The molecule has 0 amide bonds. The molecule has 0 saturated carbocycles. The molecule has 4 nitrogen and oxygen atoms in total. The molecule has 3 fully saturated rings. The molecule has 1 unspecified atom stereocenters. The largest absolute Gasteiger partial charge is 0.378 e. The summed E-state index contributed by atoms with van der Waals surface area (Å²) in [6, 6.07) is 0. The van der Waals surface area contributed by atoms with E-state index in [1.807, 2.05) is 0 Å². The van der Waals surface area contributed by atoms with Gasteiger partial charge >= 0.3 is 0 Å². The van der Waals surface area contributed by atoms with Crippen molar-refractivity contribution in [2.45, 2.75) is 37.0 Å². The molecular weight excluding hydrogens is 204 g/mol. The van der Waals surface area contributed by atoms with Crippen LogP contribution in [-0.4, -0.2) is 56.1 Å². The van der Waals surface area contributed by atoms with Crippen molar-refractivity contribution in [1.82, 2.24) is 10.2 Å².